The van der Waals surface area contributed by atoms with Gasteiger partial charge in [0.2, 0.25) is 0 Å². The van der Waals surface area contributed by atoms with E-state index in [1.54, 1.807) is 17.8 Å². The molecule has 0 saturated carbocycles. The number of hydrazine groups is 1. The fourth-order valence-electron chi connectivity index (χ4n) is 2.11. The van der Waals surface area contributed by atoms with Gasteiger partial charge in [0.25, 0.3) is 0 Å². The molecule has 1 heterocycles. The molecule has 21 heavy (non-hydrogen) atoms. The Morgan fingerprint density at radius 2 is 2.33 bits per heavy atom. The van der Waals surface area contributed by atoms with Gasteiger partial charge < -0.3 is 4.57 Å². The Morgan fingerprint density at radius 3 is 3.05 bits per heavy atom. The quantitative estimate of drug-likeness (QED) is 0.447. The molecule has 3 N–H and O–H groups in total. The second-order valence-corrected chi connectivity index (χ2v) is 5.97. The number of hydrogen-bond acceptors (Lipinski definition) is 4. The summed E-state index contributed by atoms with van der Waals surface area (Å²) >= 11 is 1.59. The van der Waals surface area contributed by atoms with Gasteiger partial charge in [-0.2, -0.15) is 0 Å². The van der Waals surface area contributed by atoms with E-state index in [0.29, 0.717) is 0 Å². The lowest BCUT2D eigenvalue weighted by atomic mass is 10.2. The fourth-order valence-corrected chi connectivity index (χ4v) is 3.09. The van der Waals surface area contributed by atoms with Crippen LogP contribution in [0.1, 0.15) is 19.2 Å². The Labute approximate surface area is 128 Å². The average Bonchev–Trinajstić information content (AvgIpc) is 2.91. The zero-order valence-corrected chi connectivity index (χ0v) is 12.9. The predicted molar refractivity (Wildman–Crippen MR) is 84.5 cm³/mol. The molecule has 2 aromatic rings. The zero-order valence-electron chi connectivity index (χ0n) is 12.1. The number of aromatic nitrogens is 2. The lowest BCUT2D eigenvalue weighted by molar-refractivity contribution is 0.535. The molecule has 0 amide bonds. The Bertz CT molecular complexity index is 558. The predicted octanol–water partition coefficient (Wildman–Crippen LogP) is 2.60. The Kier molecular flexibility index (Phi) is 6.22. The van der Waals surface area contributed by atoms with Crippen molar-refractivity contribution in [1.82, 2.24) is 15.0 Å². The van der Waals surface area contributed by atoms with Crippen LogP contribution in [0.2, 0.25) is 0 Å². The largest absolute Gasteiger partial charge is 0.335 e. The van der Waals surface area contributed by atoms with Crippen LogP contribution in [0.4, 0.5) is 4.39 Å². The van der Waals surface area contributed by atoms with Crippen LogP contribution >= 0.6 is 11.8 Å². The van der Waals surface area contributed by atoms with Gasteiger partial charge in [-0.3, -0.25) is 11.3 Å². The number of nitrogens with two attached hydrogens (primary N) is 1. The molecule has 1 aromatic heterocycles. The molecule has 0 radical (unpaired) electrons. The maximum Gasteiger partial charge on any atom is 0.124 e. The SMILES string of the molecule is CCCn1ccnc1CC(CSc1cccc(F)c1)NN. The third-order valence-electron chi connectivity index (χ3n) is 3.18. The number of nitrogens with one attached hydrogen (secondary N) is 1. The highest BCUT2D eigenvalue weighted by Gasteiger charge is 2.12. The van der Waals surface area contributed by atoms with Crippen molar-refractivity contribution in [2.45, 2.75) is 37.2 Å². The second-order valence-electron chi connectivity index (χ2n) is 4.87. The molecular formula is C15H21FN4S. The number of imidazole rings is 1. The summed E-state index contributed by atoms with van der Waals surface area (Å²) in [5, 5.41) is 0. The summed E-state index contributed by atoms with van der Waals surface area (Å²) in [7, 11) is 0. The molecule has 1 unspecified atom stereocenters. The molecule has 0 aliphatic heterocycles. The molecule has 0 spiro atoms. The van der Waals surface area contributed by atoms with E-state index in [9.17, 15) is 4.39 Å². The molecule has 6 heteroatoms. The highest BCUT2D eigenvalue weighted by atomic mass is 32.2. The van der Waals surface area contributed by atoms with Crippen LogP contribution in [0.3, 0.4) is 0 Å². The number of nitrogens with zero attached hydrogens (tertiary/aromatic N) is 2. The Hall–Kier alpha value is -1.37. The normalized spacial score (nSPS) is 12.5. The standard InChI is InChI=1S/C15H21FN4S/c1-2-7-20-8-6-18-15(20)10-13(19-17)11-21-14-5-3-4-12(16)9-14/h3-6,8-9,13,19H,2,7,10-11,17H2,1H3. The fraction of sp³-hybridized carbons (Fsp3) is 0.400. The van der Waals surface area contributed by atoms with Crippen molar-refractivity contribution in [2.75, 3.05) is 5.75 Å². The number of hydrogen-bond donors (Lipinski definition) is 2. The topological polar surface area (TPSA) is 55.9 Å². The second kappa shape index (κ2) is 8.17. The van der Waals surface area contributed by atoms with Crippen LogP contribution in [-0.2, 0) is 13.0 Å². The number of benzene rings is 1. The van der Waals surface area contributed by atoms with Gasteiger partial charge in [0.1, 0.15) is 11.6 Å². The van der Waals surface area contributed by atoms with Crippen molar-refractivity contribution in [3.8, 4) is 0 Å². The summed E-state index contributed by atoms with van der Waals surface area (Å²) in [5.74, 6) is 7.21. The summed E-state index contributed by atoms with van der Waals surface area (Å²) in [5.41, 5.74) is 2.83. The highest BCUT2D eigenvalue weighted by molar-refractivity contribution is 7.99. The number of thioether (sulfide) groups is 1. The molecule has 0 aliphatic rings. The van der Waals surface area contributed by atoms with Gasteiger partial charge in [0.05, 0.1) is 0 Å². The molecule has 2 rings (SSSR count). The summed E-state index contributed by atoms with van der Waals surface area (Å²) in [6.07, 6.45) is 5.64. The van der Waals surface area contributed by atoms with Gasteiger partial charge in [-0.15, -0.1) is 11.8 Å². The van der Waals surface area contributed by atoms with Gasteiger partial charge in [0.15, 0.2) is 0 Å². The molecule has 4 nitrogen and oxygen atoms in total. The molecule has 1 atom stereocenters. The summed E-state index contributed by atoms with van der Waals surface area (Å²) < 4.78 is 15.3. The van der Waals surface area contributed by atoms with Crippen molar-refractivity contribution in [3.63, 3.8) is 0 Å². The van der Waals surface area contributed by atoms with E-state index in [-0.39, 0.29) is 11.9 Å². The van der Waals surface area contributed by atoms with E-state index in [4.69, 9.17) is 5.84 Å². The van der Waals surface area contributed by atoms with Crippen LogP contribution in [-0.4, -0.2) is 21.3 Å². The van der Waals surface area contributed by atoms with E-state index in [1.165, 1.54) is 12.1 Å². The zero-order chi connectivity index (χ0) is 15.1. The maximum absolute atomic E-state index is 13.1. The molecule has 0 fully saturated rings. The summed E-state index contributed by atoms with van der Waals surface area (Å²) in [4.78, 5) is 5.30. The monoisotopic (exact) mass is 308 g/mol. The molecule has 0 saturated heterocycles. The lowest BCUT2D eigenvalue weighted by Crippen LogP contribution is -2.39. The molecule has 0 bridgehead atoms. The Balaban J connectivity index is 1.92. The van der Waals surface area contributed by atoms with Gasteiger partial charge in [-0.1, -0.05) is 13.0 Å². The van der Waals surface area contributed by atoms with Crippen LogP contribution in [0.25, 0.3) is 0 Å². The van der Waals surface area contributed by atoms with Gasteiger partial charge >= 0.3 is 0 Å². The number of aryl methyl sites for hydroxylation is 1. The van der Waals surface area contributed by atoms with Crippen molar-refractivity contribution >= 4 is 11.8 Å². The van der Waals surface area contributed by atoms with Crippen molar-refractivity contribution < 1.29 is 4.39 Å². The van der Waals surface area contributed by atoms with E-state index >= 15 is 0 Å². The van der Waals surface area contributed by atoms with Crippen LogP contribution < -0.4 is 11.3 Å². The van der Waals surface area contributed by atoms with Crippen molar-refractivity contribution in [2.24, 2.45) is 5.84 Å². The first-order chi connectivity index (χ1) is 10.2. The van der Waals surface area contributed by atoms with E-state index in [2.05, 4.69) is 21.9 Å². The average molecular weight is 308 g/mol. The summed E-state index contributed by atoms with van der Waals surface area (Å²) in [6.45, 7) is 3.10. The minimum atomic E-state index is -0.212. The first kappa shape index (κ1) is 16.0. The van der Waals surface area contributed by atoms with Gasteiger partial charge in [-0.05, 0) is 24.6 Å². The van der Waals surface area contributed by atoms with Crippen LogP contribution in [0.5, 0.6) is 0 Å². The van der Waals surface area contributed by atoms with Gasteiger partial charge in [0, 0.05) is 42.0 Å². The van der Waals surface area contributed by atoms with Crippen LogP contribution in [0, 0.1) is 5.82 Å². The smallest absolute Gasteiger partial charge is 0.124 e. The number of rotatable bonds is 8. The first-order valence-electron chi connectivity index (χ1n) is 7.07. The third-order valence-corrected chi connectivity index (χ3v) is 4.33. The van der Waals surface area contributed by atoms with E-state index < -0.39 is 0 Å². The summed E-state index contributed by atoms with van der Waals surface area (Å²) in [6, 6.07) is 6.70. The first-order valence-corrected chi connectivity index (χ1v) is 8.06. The minimum absolute atomic E-state index is 0.0938. The highest BCUT2D eigenvalue weighted by Crippen LogP contribution is 2.20. The lowest BCUT2D eigenvalue weighted by Gasteiger charge is -2.16. The van der Waals surface area contributed by atoms with Gasteiger partial charge in [-0.25, -0.2) is 9.37 Å². The Morgan fingerprint density at radius 1 is 1.48 bits per heavy atom. The molecule has 0 aliphatic carbocycles. The molecule has 114 valence electrons. The molecular weight excluding hydrogens is 287 g/mol. The minimum Gasteiger partial charge on any atom is -0.335 e. The van der Waals surface area contributed by atoms with Crippen molar-refractivity contribution in [1.29, 1.82) is 0 Å². The van der Waals surface area contributed by atoms with E-state index in [0.717, 1.165) is 35.9 Å². The number of halogens is 1. The van der Waals surface area contributed by atoms with E-state index in [1.807, 2.05) is 18.5 Å². The third kappa shape index (κ3) is 4.84. The maximum atomic E-state index is 13.1. The van der Waals surface area contributed by atoms with Crippen LogP contribution in [0.15, 0.2) is 41.6 Å². The molecule has 1 aromatic carbocycles. The van der Waals surface area contributed by atoms with Crippen molar-refractivity contribution in [3.05, 3.63) is 48.3 Å².